The number of nitrogens with zero attached hydrogens (tertiary/aromatic N) is 2. The van der Waals surface area contributed by atoms with Crippen LogP contribution < -0.4 is 4.90 Å². The van der Waals surface area contributed by atoms with Crippen molar-refractivity contribution in [3.05, 3.63) is 64.2 Å². The van der Waals surface area contributed by atoms with Crippen LogP contribution in [0.3, 0.4) is 0 Å². The summed E-state index contributed by atoms with van der Waals surface area (Å²) < 4.78 is 0. The molecule has 1 amide bonds. The highest BCUT2D eigenvalue weighted by atomic mass is 35.5. The summed E-state index contributed by atoms with van der Waals surface area (Å²) in [5, 5.41) is 4.49. The largest absolute Gasteiger partial charge is 0.335 e. The quantitative estimate of drug-likeness (QED) is 0.405. The molecule has 0 saturated heterocycles. The molecule has 1 aliphatic rings. The first-order valence-electron chi connectivity index (χ1n) is 8.50. The Morgan fingerprint density at radius 2 is 1.93 bits per heavy atom. The topological polar surface area (TPSA) is 59.0 Å². The molecule has 0 spiro atoms. The van der Waals surface area contributed by atoms with Crippen LogP contribution in [0.2, 0.25) is 5.02 Å². The number of carbonyl (C=O) groups is 2. The summed E-state index contributed by atoms with van der Waals surface area (Å²) in [5.41, 5.74) is 3.42. The Kier molecular flexibility index (Phi) is 6.14. The lowest BCUT2D eigenvalue weighted by Crippen LogP contribution is -2.29. The number of amides is 1. The number of hydrogen-bond acceptors (Lipinski definition) is 4. The molecule has 140 valence electrons. The fourth-order valence-corrected chi connectivity index (χ4v) is 3.06. The van der Waals surface area contributed by atoms with Crippen molar-refractivity contribution in [1.29, 1.82) is 0 Å². The van der Waals surface area contributed by atoms with Crippen LogP contribution in [-0.4, -0.2) is 23.5 Å². The number of oxime groups is 1. The fraction of sp³-hybridized carbons (Fsp3) is 0.250. The number of carbonyl (C=O) groups excluding carboxylic acids is 2. The minimum Gasteiger partial charge on any atom is -0.317 e. The minimum atomic E-state index is -0.513. The normalized spacial score (nSPS) is 14.6. The highest BCUT2D eigenvalue weighted by Crippen LogP contribution is 2.32. The third-order valence-electron chi connectivity index (χ3n) is 4.15. The Balaban J connectivity index is 1.88. The fourth-order valence-electron chi connectivity index (χ4n) is 2.80. The number of alkyl halides is 1. The number of halogens is 2. The molecule has 7 heteroatoms. The molecule has 2 aromatic carbocycles. The average molecular weight is 405 g/mol. The molecule has 3 rings (SSSR count). The van der Waals surface area contributed by atoms with Gasteiger partial charge in [-0.1, -0.05) is 40.5 Å². The van der Waals surface area contributed by atoms with Crippen LogP contribution in [0.4, 0.5) is 5.69 Å². The molecular formula is C20H18Cl2N2O3. The van der Waals surface area contributed by atoms with E-state index in [1.807, 2.05) is 37.3 Å². The van der Waals surface area contributed by atoms with Crippen LogP contribution in [0.1, 0.15) is 29.5 Å². The van der Waals surface area contributed by atoms with E-state index in [-0.39, 0.29) is 18.0 Å². The Labute approximate surface area is 167 Å². The molecule has 1 heterocycles. The van der Waals surface area contributed by atoms with E-state index in [1.165, 1.54) is 0 Å². The van der Waals surface area contributed by atoms with Gasteiger partial charge in [0.2, 0.25) is 0 Å². The van der Waals surface area contributed by atoms with Gasteiger partial charge in [0, 0.05) is 22.9 Å². The number of hydrogen-bond donors (Lipinski definition) is 0. The lowest BCUT2D eigenvalue weighted by atomic mass is 10.1. The lowest BCUT2D eigenvalue weighted by Gasteiger charge is -2.17. The molecule has 2 aromatic rings. The molecule has 0 bridgehead atoms. The van der Waals surface area contributed by atoms with Crippen molar-refractivity contribution in [2.45, 2.75) is 26.3 Å². The zero-order valence-electron chi connectivity index (χ0n) is 14.7. The Bertz CT molecular complexity index is 895. The second-order valence-electron chi connectivity index (χ2n) is 6.23. The molecule has 0 aliphatic carbocycles. The predicted molar refractivity (Wildman–Crippen MR) is 106 cm³/mol. The van der Waals surface area contributed by atoms with E-state index in [0.29, 0.717) is 29.4 Å². The molecule has 0 radical (unpaired) electrons. The second kappa shape index (κ2) is 8.55. The van der Waals surface area contributed by atoms with Crippen molar-refractivity contribution < 1.29 is 14.4 Å². The van der Waals surface area contributed by atoms with E-state index in [4.69, 9.17) is 28.0 Å². The lowest BCUT2D eigenvalue weighted by molar-refractivity contribution is -0.143. The molecule has 27 heavy (non-hydrogen) atoms. The molecule has 0 N–H and O–H groups in total. The van der Waals surface area contributed by atoms with Crippen LogP contribution in [0.5, 0.6) is 0 Å². The summed E-state index contributed by atoms with van der Waals surface area (Å²) in [7, 11) is 0. The van der Waals surface area contributed by atoms with Gasteiger partial charge in [0.1, 0.15) is 0 Å². The number of anilines is 1. The van der Waals surface area contributed by atoms with Gasteiger partial charge >= 0.3 is 5.97 Å². The summed E-state index contributed by atoms with van der Waals surface area (Å²) in [6.07, 6.45) is 0.654. The van der Waals surface area contributed by atoms with Crippen molar-refractivity contribution in [2.75, 3.05) is 10.8 Å². The third-order valence-corrected chi connectivity index (χ3v) is 4.67. The first-order valence-corrected chi connectivity index (χ1v) is 9.42. The molecule has 0 unspecified atom stereocenters. The molecule has 0 atom stereocenters. The summed E-state index contributed by atoms with van der Waals surface area (Å²) in [4.78, 5) is 31.2. The van der Waals surface area contributed by atoms with Crippen LogP contribution >= 0.6 is 23.2 Å². The molecule has 0 aromatic heterocycles. The van der Waals surface area contributed by atoms with Crippen LogP contribution in [0, 0.1) is 6.92 Å². The van der Waals surface area contributed by atoms with E-state index >= 15 is 0 Å². The van der Waals surface area contributed by atoms with Gasteiger partial charge in [-0.15, -0.1) is 11.6 Å². The summed E-state index contributed by atoms with van der Waals surface area (Å²) in [6, 6.07) is 12.9. The zero-order chi connectivity index (χ0) is 19.4. The number of fused-ring (bicyclic) bond motifs is 1. The highest BCUT2D eigenvalue weighted by molar-refractivity contribution is 6.54. The van der Waals surface area contributed by atoms with E-state index < -0.39 is 5.97 Å². The molecule has 1 aliphatic heterocycles. The monoisotopic (exact) mass is 404 g/mol. The summed E-state index contributed by atoms with van der Waals surface area (Å²) >= 11 is 11.5. The van der Waals surface area contributed by atoms with Gasteiger partial charge in [0.05, 0.1) is 12.2 Å². The summed E-state index contributed by atoms with van der Waals surface area (Å²) in [6.45, 7) is 2.29. The maximum absolute atomic E-state index is 12.9. The van der Waals surface area contributed by atoms with Crippen LogP contribution in [0.15, 0.2) is 47.6 Å². The molecular weight excluding hydrogens is 387 g/mol. The van der Waals surface area contributed by atoms with Crippen molar-refractivity contribution in [2.24, 2.45) is 5.16 Å². The molecule has 5 nitrogen and oxygen atoms in total. The smallest absolute Gasteiger partial charge is 0.317 e. The average Bonchev–Trinajstić information content (AvgIpc) is 2.91. The number of aryl methyl sites for hydroxylation is 1. The van der Waals surface area contributed by atoms with Crippen LogP contribution in [0.25, 0.3) is 0 Å². The van der Waals surface area contributed by atoms with Crippen molar-refractivity contribution >= 4 is 46.5 Å². The molecule has 0 fully saturated rings. The summed E-state index contributed by atoms with van der Waals surface area (Å²) in [5.74, 6) is -0.460. The van der Waals surface area contributed by atoms with Crippen molar-refractivity contribution in [3.63, 3.8) is 0 Å². The van der Waals surface area contributed by atoms with E-state index in [1.54, 1.807) is 17.0 Å². The van der Waals surface area contributed by atoms with Gasteiger partial charge in [-0.3, -0.25) is 4.79 Å². The SMILES string of the molecule is Cc1ccc2c(c1)/C(=N\OC(=O)CCCCl)C(=O)N2Cc1ccc(Cl)cc1. The predicted octanol–water partition coefficient (Wildman–Crippen LogP) is 4.46. The standard InChI is InChI=1S/C20H18Cl2N2O3/c1-13-4-9-17-16(11-13)19(23-27-18(25)3-2-10-21)20(26)24(17)12-14-5-7-15(22)8-6-14/h4-9,11H,2-3,10,12H2,1H3/b23-19+. The van der Waals surface area contributed by atoms with Gasteiger partial charge in [0.25, 0.3) is 5.91 Å². The Morgan fingerprint density at radius 3 is 2.63 bits per heavy atom. The highest BCUT2D eigenvalue weighted by Gasteiger charge is 2.35. The molecule has 0 saturated carbocycles. The second-order valence-corrected chi connectivity index (χ2v) is 7.05. The van der Waals surface area contributed by atoms with Crippen LogP contribution in [-0.2, 0) is 21.0 Å². The maximum atomic E-state index is 12.9. The van der Waals surface area contributed by atoms with E-state index in [0.717, 1.165) is 16.8 Å². The van der Waals surface area contributed by atoms with Gasteiger partial charge in [-0.2, -0.15) is 0 Å². The van der Waals surface area contributed by atoms with Gasteiger partial charge < -0.3 is 9.74 Å². The Morgan fingerprint density at radius 1 is 1.19 bits per heavy atom. The minimum absolute atomic E-state index is 0.127. The van der Waals surface area contributed by atoms with Crippen molar-refractivity contribution in [1.82, 2.24) is 0 Å². The van der Waals surface area contributed by atoms with Crippen molar-refractivity contribution in [3.8, 4) is 0 Å². The third kappa shape index (κ3) is 4.49. The van der Waals surface area contributed by atoms with E-state index in [2.05, 4.69) is 5.16 Å². The Hall–Kier alpha value is -2.37. The van der Waals surface area contributed by atoms with E-state index in [9.17, 15) is 9.59 Å². The maximum Gasteiger partial charge on any atom is 0.335 e. The number of rotatable bonds is 6. The first kappa shape index (κ1) is 19.4. The van der Waals surface area contributed by atoms with Gasteiger partial charge in [-0.25, -0.2) is 4.79 Å². The zero-order valence-corrected chi connectivity index (χ0v) is 16.3. The number of benzene rings is 2. The van der Waals surface area contributed by atoms with Gasteiger partial charge in [0.15, 0.2) is 5.71 Å². The van der Waals surface area contributed by atoms with Gasteiger partial charge in [-0.05, 0) is 43.2 Å². The first-order chi connectivity index (χ1) is 13.0.